The summed E-state index contributed by atoms with van der Waals surface area (Å²) in [7, 11) is 0. The third kappa shape index (κ3) is 4.72. The monoisotopic (exact) mass is 450 g/mol. The number of fused-ring (bicyclic) bond motifs is 3. The van der Waals surface area contributed by atoms with Gasteiger partial charge in [0.1, 0.15) is 6.61 Å². The second kappa shape index (κ2) is 9.25. The van der Waals surface area contributed by atoms with Crippen molar-refractivity contribution in [3.05, 3.63) is 59.7 Å². The van der Waals surface area contributed by atoms with Crippen LogP contribution in [0.1, 0.15) is 43.7 Å². The van der Waals surface area contributed by atoms with Crippen LogP contribution in [0.4, 0.5) is 4.79 Å². The number of alkyl carbamates (subject to hydrolysis) is 1. The Kier molecular flexibility index (Phi) is 6.40. The summed E-state index contributed by atoms with van der Waals surface area (Å²) in [6, 6.07) is 16.3. The van der Waals surface area contributed by atoms with Gasteiger partial charge in [0, 0.05) is 25.6 Å². The Hall–Kier alpha value is -3.35. The molecule has 0 radical (unpaired) electrons. The summed E-state index contributed by atoms with van der Waals surface area (Å²) < 4.78 is 5.56. The normalized spacial score (nSPS) is 17.8. The number of amides is 2. The van der Waals surface area contributed by atoms with Gasteiger partial charge in [0.2, 0.25) is 5.91 Å². The molecule has 0 bridgehead atoms. The summed E-state index contributed by atoms with van der Waals surface area (Å²) in [6.07, 6.45) is 0.677. The number of nitrogens with one attached hydrogen (secondary N) is 1. The molecule has 0 spiro atoms. The summed E-state index contributed by atoms with van der Waals surface area (Å²) in [6.45, 7) is 4.57. The molecule has 0 aromatic heterocycles. The Morgan fingerprint density at radius 1 is 1.06 bits per heavy atom. The van der Waals surface area contributed by atoms with Gasteiger partial charge in [-0.05, 0) is 48.9 Å². The lowest BCUT2D eigenvalue weighted by molar-refractivity contribution is -0.148. The van der Waals surface area contributed by atoms with Gasteiger partial charge in [0.25, 0.3) is 0 Å². The third-order valence-corrected chi connectivity index (χ3v) is 6.66. The van der Waals surface area contributed by atoms with Gasteiger partial charge in [-0.15, -0.1) is 0 Å². The number of nitrogens with zero attached hydrogens (tertiary/aromatic N) is 1. The van der Waals surface area contributed by atoms with E-state index in [0.29, 0.717) is 19.4 Å². The summed E-state index contributed by atoms with van der Waals surface area (Å²) in [5.74, 6) is -1.60. The minimum absolute atomic E-state index is 0.0286. The Labute approximate surface area is 193 Å². The van der Waals surface area contributed by atoms with Crippen LogP contribution in [0, 0.1) is 11.3 Å². The number of rotatable bonds is 6. The first kappa shape index (κ1) is 22.8. The van der Waals surface area contributed by atoms with Gasteiger partial charge in [-0.25, -0.2) is 4.79 Å². The van der Waals surface area contributed by atoms with Gasteiger partial charge in [-0.2, -0.15) is 0 Å². The van der Waals surface area contributed by atoms with E-state index in [-0.39, 0.29) is 31.5 Å². The number of ether oxygens (including phenoxy) is 1. The lowest BCUT2D eigenvalue weighted by atomic mass is 9.89. The maximum absolute atomic E-state index is 13.0. The molecule has 1 aliphatic heterocycles. The van der Waals surface area contributed by atoms with Crippen molar-refractivity contribution >= 4 is 18.0 Å². The van der Waals surface area contributed by atoms with E-state index in [1.54, 1.807) is 18.7 Å². The predicted molar refractivity (Wildman–Crippen MR) is 124 cm³/mol. The number of hydrogen-bond acceptors (Lipinski definition) is 4. The van der Waals surface area contributed by atoms with Crippen molar-refractivity contribution in [1.29, 1.82) is 0 Å². The molecule has 7 heteroatoms. The van der Waals surface area contributed by atoms with Crippen LogP contribution in [0.15, 0.2) is 48.5 Å². The number of likely N-dealkylation sites (tertiary alicyclic amines) is 1. The fraction of sp³-hybridized carbons (Fsp3) is 0.423. The van der Waals surface area contributed by atoms with Gasteiger partial charge in [-0.1, -0.05) is 48.5 Å². The molecular formula is C26H30N2O5. The Balaban J connectivity index is 1.33. The lowest BCUT2D eigenvalue weighted by Gasteiger charge is -2.36. The molecule has 1 heterocycles. The molecule has 2 aliphatic rings. The van der Waals surface area contributed by atoms with Gasteiger partial charge >= 0.3 is 12.1 Å². The van der Waals surface area contributed by atoms with E-state index in [1.165, 1.54) is 0 Å². The summed E-state index contributed by atoms with van der Waals surface area (Å²) in [4.78, 5) is 38.4. The van der Waals surface area contributed by atoms with Crippen LogP contribution in [0.3, 0.4) is 0 Å². The van der Waals surface area contributed by atoms with Crippen LogP contribution < -0.4 is 5.32 Å². The third-order valence-electron chi connectivity index (χ3n) is 6.66. The number of carboxylic acid groups (broad SMARTS) is 1. The van der Waals surface area contributed by atoms with Gasteiger partial charge < -0.3 is 20.1 Å². The molecule has 1 atom stereocenters. The number of carboxylic acids is 1. The molecule has 2 amide bonds. The smallest absolute Gasteiger partial charge is 0.407 e. The first-order valence-electron chi connectivity index (χ1n) is 11.4. The highest BCUT2D eigenvalue weighted by Crippen LogP contribution is 2.44. The molecule has 1 aliphatic carbocycles. The molecule has 2 aromatic rings. The van der Waals surface area contributed by atoms with Gasteiger partial charge in [-0.3, -0.25) is 9.59 Å². The first-order valence-corrected chi connectivity index (χ1v) is 11.4. The summed E-state index contributed by atoms with van der Waals surface area (Å²) >= 11 is 0. The van der Waals surface area contributed by atoms with Crippen LogP contribution in [-0.4, -0.2) is 54.2 Å². The fourth-order valence-electron chi connectivity index (χ4n) is 4.81. The number of carbonyl (C=O) groups is 3. The standard InChI is InChI=1S/C26H30N2O5/c1-26(2,24(31)28-13-7-8-17(14-28)23(29)30)16-27-25(32)33-15-22-20-11-5-3-9-18(20)19-10-4-6-12-21(19)22/h3-6,9-12,17,22H,7-8,13-16H2,1-2H3,(H,27,32)(H,29,30)/t17-/m0/s1. The number of piperidine rings is 1. The van der Waals surface area contributed by atoms with Gasteiger partial charge in [0.15, 0.2) is 0 Å². The van der Waals surface area contributed by atoms with Crippen LogP contribution in [0.5, 0.6) is 0 Å². The molecule has 33 heavy (non-hydrogen) atoms. The van der Waals surface area contributed by atoms with Crippen molar-refractivity contribution in [2.24, 2.45) is 11.3 Å². The van der Waals surface area contributed by atoms with Gasteiger partial charge in [0.05, 0.1) is 11.3 Å². The first-order chi connectivity index (χ1) is 15.8. The highest BCUT2D eigenvalue weighted by atomic mass is 16.5. The zero-order valence-corrected chi connectivity index (χ0v) is 19.0. The summed E-state index contributed by atoms with van der Waals surface area (Å²) in [5, 5.41) is 12.0. The van der Waals surface area contributed by atoms with Crippen molar-refractivity contribution in [3.63, 3.8) is 0 Å². The quantitative estimate of drug-likeness (QED) is 0.696. The fourth-order valence-corrected chi connectivity index (χ4v) is 4.81. The van der Waals surface area contributed by atoms with Crippen molar-refractivity contribution in [1.82, 2.24) is 10.2 Å². The average molecular weight is 451 g/mol. The molecule has 1 fully saturated rings. The van der Waals surface area contributed by atoms with Crippen molar-refractivity contribution in [2.45, 2.75) is 32.6 Å². The van der Waals surface area contributed by atoms with Crippen molar-refractivity contribution in [3.8, 4) is 11.1 Å². The molecule has 2 N–H and O–H groups in total. The molecule has 0 unspecified atom stereocenters. The van der Waals surface area contributed by atoms with E-state index in [1.807, 2.05) is 24.3 Å². The molecule has 174 valence electrons. The molecule has 4 rings (SSSR count). The van der Waals surface area contributed by atoms with E-state index in [9.17, 15) is 19.5 Å². The lowest BCUT2D eigenvalue weighted by Crippen LogP contribution is -2.51. The number of carbonyl (C=O) groups excluding carboxylic acids is 2. The van der Waals surface area contributed by atoms with E-state index in [4.69, 9.17) is 4.74 Å². The SMILES string of the molecule is CC(C)(CNC(=O)OCC1c2ccccc2-c2ccccc21)C(=O)N1CCC[C@H](C(=O)O)C1. The predicted octanol–water partition coefficient (Wildman–Crippen LogP) is 3.87. The topological polar surface area (TPSA) is 95.9 Å². The van der Waals surface area contributed by atoms with Crippen LogP contribution in [-0.2, 0) is 14.3 Å². The average Bonchev–Trinajstić information content (AvgIpc) is 3.15. The number of hydrogen-bond donors (Lipinski definition) is 2. The zero-order chi connectivity index (χ0) is 23.6. The summed E-state index contributed by atoms with van der Waals surface area (Å²) in [5.41, 5.74) is 3.73. The molecule has 1 saturated heterocycles. The maximum Gasteiger partial charge on any atom is 0.407 e. The van der Waals surface area contributed by atoms with Crippen LogP contribution in [0.25, 0.3) is 11.1 Å². The Morgan fingerprint density at radius 3 is 2.27 bits per heavy atom. The molecule has 7 nitrogen and oxygen atoms in total. The highest BCUT2D eigenvalue weighted by molar-refractivity contribution is 5.84. The van der Waals surface area contributed by atoms with Crippen LogP contribution >= 0.6 is 0 Å². The number of benzene rings is 2. The van der Waals surface area contributed by atoms with E-state index in [2.05, 4.69) is 29.6 Å². The highest BCUT2D eigenvalue weighted by Gasteiger charge is 2.36. The van der Waals surface area contributed by atoms with E-state index in [0.717, 1.165) is 22.3 Å². The van der Waals surface area contributed by atoms with Crippen LogP contribution in [0.2, 0.25) is 0 Å². The molecule has 0 saturated carbocycles. The second-order valence-electron chi connectivity index (χ2n) is 9.49. The maximum atomic E-state index is 13.0. The number of aliphatic carboxylic acids is 1. The van der Waals surface area contributed by atoms with Crippen molar-refractivity contribution < 1.29 is 24.2 Å². The molecule has 2 aromatic carbocycles. The largest absolute Gasteiger partial charge is 0.481 e. The molecular weight excluding hydrogens is 420 g/mol. The van der Waals surface area contributed by atoms with E-state index < -0.39 is 23.4 Å². The Morgan fingerprint density at radius 2 is 1.67 bits per heavy atom. The minimum Gasteiger partial charge on any atom is -0.481 e. The zero-order valence-electron chi connectivity index (χ0n) is 19.0. The Bertz CT molecular complexity index is 1020. The minimum atomic E-state index is -0.873. The van der Waals surface area contributed by atoms with Crippen molar-refractivity contribution in [2.75, 3.05) is 26.2 Å². The second-order valence-corrected chi connectivity index (χ2v) is 9.49. The van der Waals surface area contributed by atoms with E-state index >= 15 is 0 Å².